The second kappa shape index (κ2) is 37.4. The number of rotatable bonds is 39. The molecule has 0 radical (unpaired) electrons. The van der Waals surface area contributed by atoms with Crippen molar-refractivity contribution in [2.75, 3.05) is 13.2 Å². The van der Waals surface area contributed by atoms with E-state index in [1.165, 1.54) is 147 Å². The van der Waals surface area contributed by atoms with Gasteiger partial charge in [-0.2, -0.15) is 0 Å². The van der Waals surface area contributed by atoms with Crippen molar-refractivity contribution in [2.24, 2.45) is 0 Å². The van der Waals surface area contributed by atoms with E-state index in [-0.39, 0.29) is 6.61 Å². The van der Waals surface area contributed by atoms with Gasteiger partial charge in [0.2, 0.25) is 5.91 Å². The Morgan fingerprint density at radius 1 is 0.655 bits per heavy atom. The van der Waals surface area contributed by atoms with E-state index in [4.69, 9.17) is 9.47 Å². The average molecular weight is 826 g/mol. The van der Waals surface area contributed by atoms with Gasteiger partial charge in [-0.05, 0) is 39.0 Å². The highest BCUT2D eigenvalue weighted by Crippen LogP contribution is 2.23. The lowest BCUT2D eigenvalue weighted by molar-refractivity contribution is -0.302. The Bertz CT molecular complexity index is 1010. The number of allylic oxidation sites excluding steroid dienone is 3. The normalized spacial score (nSPS) is 21.7. The summed E-state index contributed by atoms with van der Waals surface area (Å²) in [4.78, 5) is 13.1. The molecule has 1 fully saturated rings. The Labute approximate surface area is 354 Å². The van der Waals surface area contributed by atoms with Crippen LogP contribution in [0.2, 0.25) is 0 Å². The van der Waals surface area contributed by atoms with E-state index in [9.17, 15) is 35.4 Å². The number of hydrogen-bond donors (Lipinski definition) is 7. The van der Waals surface area contributed by atoms with Gasteiger partial charge in [-0.25, -0.2) is 0 Å². The first-order valence-electron chi connectivity index (χ1n) is 24.1. The molecule has 342 valence electrons. The van der Waals surface area contributed by atoms with Crippen molar-refractivity contribution in [3.8, 4) is 0 Å². The summed E-state index contributed by atoms with van der Waals surface area (Å²) in [5.41, 5.74) is 1.36. The minimum atomic E-state index is -1.61. The predicted octanol–water partition coefficient (Wildman–Crippen LogP) is 9.25. The number of unbranched alkanes of at least 4 members (excludes halogenated alkanes) is 25. The molecule has 1 saturated heterocycles. The molecule has 1 amide bonds. The van der Waals surface area contributed by atoms with Gasteiger partial charge in [-0.1, -0.05) is 198 Å². The van der Waals surface area contributed by atoms with E-state index in [0.717, 1.165) is 32.1 Å². The first kappa shape index (κ1) is 54.6. The summed E-state index contributed by atoms with van der Waals surface area (Å²) < 4.78 is 11.1. The molecule has 1 aliphatic rings. The molecular weight excluding hydrogens is 735 g/mol. The van der Waals surface area contributed by atoms with Crippen molar-refractivity contribution in [2.45, 2.75) is 262 Å². The quantitative estimate of drug-likeness (QED) is 0.0236. The Kier molecular flexibility index (Phi) is 35.2. The first-order chi connectivity index (χ1) is 28.2. The third-order valence-corrected chi connectivity index (χ3v) is 11.7. The van der Waals surface area contributed by atoms with E-state index in [0.29, 0.717) is 19.3 Å². The van der Waals surface area contributed by atoms with E-state index in [1.807, 2.05) is 6.08 Å². The number of ether oxygens (including phenoxy) is 2. The number of carbonyl (C=O) groups excluding carboxylic acids is 1. The van der Waals surface area contributed by atoms with Gasteiger partial charge in [-0.15, -0.1) is 0 Å². The molecule has 0 aliphatic carbocycles. The van der Waals surface area contributed by atoms with Crippen LogP contribution >= 0.6 is 0 Å². The SMILES string of the molecule is CCCCCCCCCCCCCCCCCCCCC[C@@H](O)C(=O)N[C@@H](COC1OC(CO)C(O)C(O)C1O)[C@H](O)/C=C/CC/C=C(\C)CCCCCCCCC. The lowest BCUT2D eigenvalue weighted by Crippen LogP contribution is -2.60. The van der Waals surface area contributed by atoms with Gasteiger partial charge < -0.3 is 45.4 Å². The third-order valence-electron chi connectivity index (χ3n) is 11.7. The zero-order chi connectivity index (χ0) is 42.6. The van der Waals surface area contributed by atoms with E-state index < -0.39 is 61.5 Å². The van der Waals surface area contributed by atoms with Crippen molar-refractivity contribution >= 4 is 5.91 Å². The van der Waals surface area contributed by atoms with Gasteiger partial charge in [0.05, 0.1) is 25.4 Å². The molecule has 1 heterocycles. The summed E-state index contributed by atoms with van der Waals surface area (Å²) in [6.45, 7) is 5.74. The van der Waals surface area contributed by atoms with Crippen molar-refractivity contribution in [3.63, 3.8) is 0 Å². The number of aliphatic hydroxyl groups is 6. The van der Waals surface area contributed by atoms with Crippen molar-refractivity contribution < 1.29 is 44.9 Å². The standard InChI is InChI=1S/C48H91NO9/c1-4-6-8-10-12-13-14-15-16-17-18-19-20-21-22-23-25-27-31-36-42(52)47(56)49-40(38-57-48-46(55)45(54)44(53)43(37-50)58-48)41(51)35-32-28-30-34-39(3)33-29-26-24-11-9-7-5-2/h32,34-35,40-46,48,50-55H,4-31,33,36-38H2,1-3H3,(H,49,56)/b35-32+,39-34+/t40-,41+,42+,43?,44?,45?,46?,48?/m0/s1. The highest BCUT2D eigenvalue weighted by Gasteiger charge is 2.44. The van der Waals surface area contributed by atoms with Crippen LogP contribution in [0.3, 0.4) is 0 Å². The molecule has 0 saturated carbocycles. The van der Waals surface area contributed by atoms with Crippen LogP contribution in [0.5, 0.6) is 0 Å². The Balaban J connectivity index is 2.43. The highest BCUT2D eigenvalue weighted by atomic mass is 16.7. The van der Waals surface area contributed by atoms with Crippen LogP contribution in [0, 0.1) is 0 Å². The average Bonchev–Trinajstić information content (AvgIpc) is 3.22. The molecule has 7 N–H and O–H groups in total. The minimum absolute atomic E-state index is 0.307. The topological polar surface area (TPSA) is 169 Å². The van der Waals surface area contributed by atoms with E-state index in [1.54, 1.807) is 6.08 Å². The molecule has 58 heavy (non-hydrogen) atoms. The molecule has 10 heteroatoms. The van der Waals surface area contributed by atoms with Crippen LogP contribution in [-0.2, 0) is 14.3 Å². The maximum atomic E-state index is 13.1. The number of hydrogen-bond acceptors (Lipinski definition) is 9. The second-order valence-corrected chi connectivity index (χ2v) is 17.2. The second-order valence-electron chi connectivity index (χ2n) is 17.2. The van der Waals surface area contributed by atoms with Crippen LogP contribution < -0.4 is 5.32 Å². The number of amides is 1. The lowest BCUT2D eigenvalue weighted by atomic mass is 9.99. The van der Waals surface area contributed by atoms with Gasteiger partial charge in [-0.3, -0.25) is 4.79 Å². The molecule has 1 rings (SSSR count). The summed E-state index contributed by atoms with van der Waals surface area (Å²) >= 11 is 0. The summed E-state index contributed by atoms with van der Waals surface area (Å²) in [6.07, 6.45) is 32.0. The number of carbonyl (C=O) groups is 1. The smallest absolute Gasteiger partial charge is 0.249 e. The Hall–Kier alpha value is -1.37. The van der Waals surface area contributed by atoms with Crippen molar-refractivity contribution in [1.82, 2.24) is 5.32 Å². The number of aliphatic hydroxyl groups excluding tert-OH is 6. The summed E-state index contributed by atoms with van der Waals surface area (Å²) in [5, 5.41) is 64.8. The van der Waals surface area contributed by atoms with Crippen LogP contribution in [0.1, 0.15) is 213 Å². The van der Waals surface area contributed by atoms with Gasteiger partial charge in [0.15, 0.2) is 6.29 Å². The molecule has 0 bridgehead atoms. The van der Waals surface area contributed by atoms with Gasteiger partial charge in [0.25, 0.3) is 0 Å². The van der Waals surface area contributed by atoms with Crippen LogP contribution in [0.25, 0.3) is 0 Å². The summed E-state index contributed by atoms with van der Waals surface area (Å²) in [5.74, 6) is -0.624. The molecular formula is C48H91NO9. The number of nitrogens with one attached hydrogen (secondary N) is 1. The first-order valence-corrected chi connectivity index (χ1v) is 24.1. The monoisotopic (exact) mass is 826 g/mol. The molecule has 0 aromatic carbocycles. The van der Waals surface area contributed by atoms with Crippen LogP contribution in [-0.4, -0.2) is 98.7 Å². The summed E-state index contributed by atoms with van der Waals surface area (Å²) in [7, 11) is 0. The molecule has 5 unspecified atom stereocenters. The Morgan fingerprint density at radius 2 is 1.12 bits per heavy atom. The van der Waals surface area contributed by atoms with Gasteiger partial charge in [0.1, 0.15) is 30.5 Å². The third kappa shape index (κ3) is 27.5. The molecule has 0 aromatic heterocycles. The molecule has 10 nitrogen and oxygen atoms in total. The fraction of sp³-hybridized carbons (Fsp3) is 0.896. The maximum absolute atomic E-state index is 13.1. The maximum Gasteiger partial charge on any atom is 0.249 e. The zero-order valence-corrected chi connectivity index (χ0v) is 37.4. The lowest BCUT2D eigenvalue weighted by Gasteiger charge is -2.40. The minimum Gasteiger partial charge on any atom is -0.394 e. The van der Waals surface area contributed by atoms with Gasteiger partial charge >= 0.3 is 0 Å². The van der Waals surface area contributed by atoms with Gasteiger partial charge in [0, 0.05) is 0 Å². The van der Waals surface area contributed by atoms with E-state index >= 15 is 0 Å². The summed E-state index contributed by atoms with van der Waals surface area (Å²) in [6, 6.07) is -0.995. The fourth-order valence-electron chi connectivity index (χ4n) is 7.71. The van der Waals surface area contributed by atoms with Crippen molar-refractivity contribution in [3.05, 3.63) is 23.8 Å². The molecule has 0 aromatic rings. The van der Waals surface area contributed by atoms with Crippen LogP contribution in [0.4, 0.5) is 0 Å². The largest absolute Gasteiger partial charge is 0.394 e. The van der Waals surface area contributed by atoms with E-state index in [2.05, 4.69) is 32.2 Å². The fourth-order valence-corrected chi connectivity index (χ4v) is 7.71. The highest BCUT2D eigenvalue weighted by molar-refractivity contribution is 5.80. The molecule has 1 aliphatic heterocycles. The van der Waals surface area contributed by atoms with Crippen LogP contribution in [0.15, 0.2) is 23.8 Å². The molecule has 0 spiro atoms. The van der Waals surface area contributed by atoms with Crippen molar-refractivity contribution in [1.29, 1.82) is 0 Å². The zero-order valence-electron chi connectivity index (χ0n) is 37.4. The Morgan fingerprint density at radius 3 is 1.60 bits per heavy atom. The molecule has 8 atom stereocenters. The predicted molar refractivity (Wildman–Crippen MR) is 236 cm³/mol.